The summed E-state index contributed by atoms with van der Waals surface area (Å²) in [5.41, 5.74) is 0.769. The second-order valence-corrected chi connectivity index (χ2v) is 5.80. The van der Waals surface area contributed by atoms with E-state index in [1.807, 2.05) is 7.05 Å². The van der Waals surface area contributed by atoms with E-state index >= 15 is 0 Å². The lowest BCUT2D eigenvalue weighted by Gasteiger charge is -2.14. The van der Waals surface area contributed by atoms with Crippen molar-refractivity contribution in [2.45, 2.75) is 25.7 Å². The Hall–Kier alpha value is -1.85. The molecule has 1 aromatic heterocycles. The van der Waals surface area contributed by atoms with Crippen LogP contribution in [0, 0.1) is 11.8 Å². The topological polar surface area (TPSA) is 67.2 Å². The first-order valence-electron chi connectivity index (χ1n) is 7.20. The lowest BCUT2D eigenvalue weighted by molar-refractivity contribution is -0.126. The Kier molecular flexibility index (Phi) is 3.46. The van der Waals surface area contributed by atoms with Crippen LogP contribution in [-0.2, 0) is 16.6 Å². The Bertz CT molecular complexity index is 521. The number of hydrogen-bond donors (Lipinski definition) is 1. The smallest absolute Gasteiger partial charge is 0.227 e. The second kappa shape index (κ2) is 5.26. The lowest BCUT2D eigenvalue weighted by atomic mass is 10.1. The zero-order valence-electron chi connectivity index (χ0n) is 11.7. The van der Waals surface area contributed by atoms with Gasteiger partial charge >= 0.3 is 0 Å². The molecule has 2 heterocycles. The molecule has 2 aliphatic rings. The van der Waals surface area contributed by atoms with Crippen molar-refractivity contribution >= 4 is 17.5 Å². The van der Waals surface area contributed by atoms with Gasteiger partial charge in [0.15, 0.2) is 0 Å². The normalized spacial score (nSPS) is 22.4. The monoisotopic (exact) mass is 276 g/mol. The molecule has 6 heteroatoms. The lowest BCUT2D eigenvalue weighted by Crippen LogP contribution is -2.33. The number of carbonyl (C=O) groups is 2. The third-order valence-corrected chi connectivity index (χ3v) is 4.05. The van der Waals surface area contributed by atoms with Gasteiger partial charge in [-0.3, -0.25) is 14.3 Å². The van der Waals surface area contributed by atoms with Crippen molar-refractivity contribution < 1.29 is 9.59 Å². The molecular weight excluding hydrogens is 256 g/mol. The third kappa shape index (κ3) is 2.84. The van der Waals surface area contributed by atoms with Gasteiger partial charge in [-0.2, -0.15) is 5.10 Å². The van der Waals surface area contributed by atoms with E-state index in [-0.39, 0.29) is 17.7 Å². The number of nitrogens with one attached hydrogen (secondary N) is 1. The quantitative estimate of drug-likeness (QED) is 0.860. The van der Waals surface area contributed by atoms with E-state index in [1.165, 1.54) is 12.8 Å². The first-order valence-corrected chi connectivity index (χ1v) is 7.20. The summed E-state index contributed by atoms with van der Waals surface area (Å²) in [5.74, 6) is 0.583. The Balaban J connectivity index is 1.53. The molecule has 0 bridgehead atoms. The van der Waals surface area contributed by atoms with Gasteiger partial charge in [0, 0.05) is 32.8 Å². The summed E-state index contributed by atoms with van der Waals surface area (Å²) in [6.45, 7) is 1.20. The molecule has 0 radical (unpaired) electrons. The van der Waals surface area contributed by atoms with Crippen LogP contribution in [0.5, 0.6) is 0 Å². The highest BCUT2D eigenvalue weighted by molar-refractivity contribution is 6.00. The molecule has 2 amide bonds. The molecule has 20 heavy (non-hydrogen) atoms. The van der Waals surface area contributed by atoms with Crippen molar-refractivity contribution in [3.05, 3.63) is 12.4 Å². The Morgan fingerprint density at radius 1 is 1.50 bits per heavy atom. The highest BCUT2D eigenvalue weighted by Crippen LogP contribution is 2.31. The predicted molar refractivity (Wildman–Crippen MR) is 74.0 cm³/mol. The molecular formula is C14H20N4O2. The summed E-state index contributed by atoms with van der Waals surface area (Å²) in [6, 6.07) is 0. The van der Waals surface area contributed by atoms with Crippen molar-refractivity contribution in [3.8, 4) is 0 Å². The molecule has 1 atom stereocenters. The van der Waals surface area contributed by atoms with Crippen LogP contribution in [0.25, 0.3) is 0 Å². The van der Waals surface area contributed by atoms with E-state index in [4.69, 9.17) is 0 Å². The standard InChI is InChI=1S/C14H20N4O2/c1-17-9-12(7-16-17)18-8-11(6-13(18)19)14(20)15-5-4-10-2-3-10/h7,9-11H,2-6,8H2,1H3,(H,15,20)/t11-/m1/s1. The fourth-order valence-electron chi connectivity index (χ4n) is 2.63. The van der Waals surface area contributed by atoms with Crippen LogP contribution in [0.15, 0.2) is 12.4 Å². The molecule has 2 fully saturated rings. The summed E-state index contributed by atoms with van der Waals surface area (Å²) in [7, 11) is 1.81. The number of carbonyl (C=O) groups excluding carboxylic acids is 2. The van der Waals surface area contributed by atoms with Crippen molar-refractivity contribution in [2.24, 2.45) is 18.9 Å². The zero-order chi connectivity index (χ0) is 14.1. The summed E-state index contributed by atoms with van der Waals surface area (Å²) >= 11 is 0. The first kappa shape index (κ1) is 13.1. The maximum atomic E-state index is 12.1. The van der Waals surface area contributed by atoms with Crippen LogP contribution < -0.4 is 10.2 Å². The average molecular weight is 276 g/mol. The maximum Gasteiger partial charge on any atom is 0.227 e. The fourth-order valence-corrected chi connectivity index (χ4v) is 2.63. The van der Waals surface area contributed by atoms with Crippen molar-refractivity contribution in [3.63, 3.8) is 0 Å². The summed E-state index contributed by atoms with van der Waals surface area (Å²) in [5, 5.41) is 7.02. The van der Waals surface area contributed by atoms with Gasteiger partial charge in [0.1, 0.15) is 0 Å². The van der Waals surface area contributed by atoms with Gasteiger partial charge < -0.3 is 10.2 Å². The van der Waals surface area contributed by atoms with Gasteiger partial charge in [-0.25, -0.2) is 0 Å². The van der Waals surface area contributed by atoms with E-state index in [9.17, 15) is 9.59 Å². The van der Waals surface area contributed by atoms with E-state index < -0.39 is 0 Å². The first-order chi connectivity index (χ1) is 9.63. The van der Waals surface area contributed by atoms with Crippen LogP contribution >= 0.6 is 0 Å². The molecule has 1 aliphatic carbocycles. The molecule has 1 saturated carbocycles. The SMILES string of the molecule is Cn1cc(N2C[C@H](C(=O)NCCC3CC3)CC2=O)cn1. The van der Waals surface area contributed by atoms with E-state index in [0.717, 1.165) is 24.6 Å². The van der Waals surface area contributed by atoms with Crippen molar-refractivity contribution in [1.82, 2.24) is 15.1 Å². The van der Waals surface area contributed by atoms with E-state index in [2.05, 4.69) is 10.4 Å². The van der Waals surface area contributed by atoms with Gasteiger partial charge in [-0.15, -0.1) is 0 Å². The van der Waals surface area contributed by atoms with Crippen LogP contribution in [0.4, 0.5) is 5.69 Å². The molecule has 1 saturated heterocycles. The second-order valence-electron chi connectivity index (χ2n) is 5.80. The summed E-state index contributed by atoms with van der Waals surface area (Å²) in [6.07, 6.45) is 7.42. The summed E-state index contributed by atoms with van der Waals surface area (Å²) < 4.78 is 1.66. The van der Waals surface area contributed by atoms with Crippen LogP contribution in [0.2, 0.25) is 0 Å². The number of amides is 2. The minimum atomic E-state index is -0.234. The molecule has 3 rings (SSSR count). The Morgan fingerprint density at radius 2 is 2.30 bits per heavy atom. The van der Waals surface area contributed by atoms with Crippen LogP contribution in [-0.4, -0.2) is 34.7 Å². The van der Waals surface area contributed by atoms with Gasteiger partial charge in [0.05, 0.1) is 17.8 Å². The van der Waals surface area contributed by atoms with Gasteiger partial charge in [0.25, 0.3) is 0 Å². The minimum Gasteiger partial charge on any atom is -0.356 e. The molecule has 0 unspecified atom stereocenters. The zero-order valence-corrected chi connectivity index (χ0v) is 11.7. The van der Waals surface area contributed by atoms with Crippen molar-refractivity contribution in [2.75, 3.05) is 18.0 Å². The number of hydrogen-bond acceptors (Lipinski definition) is 3. The third-order valence-electron chi connectivity index (χ3n) is 4.05. The van der Waals surface area contributed by atoms with Gasteiger partial charge in [-0.05, 0) is 12.3 Å². The molecule has 0 spiro atoms. The molecule has 6 nitrogen and oxygen atoms in total. The highest BCUT2D eigenvalue weighted by atomic mass is 16.2. The van der Waals surface area contributed by atoms with E-state index in [0.29, 0.717) is 13.0 Å². The number of rotatable bonds is 5. The summed E-state index contributed by atoms with van der Waals surface area (Å²) in [4.78, 5) is 25.7. The average Bonchev–Trinajstić information content (AvgIpc) is 3.01. The minimum absolute atomic E-state index is 0.000318. The number of aromatic nitrogens is 2. The molecule has 1 N–H and O–H groups in total. The fraction of sp³-hybridized carbons (Fsp3) is 0.643. The number of nitrogens with zero attached hydrogens (tertiary/aromatic N) is 3. The molecule has 1 aromatic rings. The van der Waals surface area contributed by atoms with Gasteiger partial charge in [0.2, 0.25) is 11.8 Å². The van der Waals surface area contributed by atoms with Crippen LogP contribution in [0.3, 0.4) is 0 Å². The van der Waals surface area contributed by atoms with Crippen LogP contribution in [0.1, 0.15) is 25.7 Å². The van der Waals surface area contributed by atoms with Gasteiger partial charge in [-0.1, -0.05) is 12.8 Å². The molecule has 108 valence electrons. The largest absolute Gasteiger partial charge is 0.356 e. The highest BCUT2D eigenvalue weighted by Gasteiger charge is 2.35. The molecule has 0 aromatic carbocycles. The van der Waals surface area contributed by atoms with Crippen molar-refractivity contribution in [1.29, 1.82) is 0 Å². The molecule has 1 aliphatic heterocycles. The Labute approximate surface area is 118 Å². The predicted octanol–water partition coefficient (Wildman–Crippen LogP) is 0.689. The maximum absolute atomic E-state index is 12.1. The van der Waals surface area contributed by atoms with E-state index in [1.54, 1.807) is 22.0 Å². The number of anilines is 1. The number of aryl methyl sites for hydroxylation is 1. The Morgan fingerprint density at radius 3 is 2.95 bits per heavy atom.